The summed E-state index contributed by atoms with van der Waals surface area (Å²) in [4.78, 5) is 11.4. The zero-order valence-corrected chi connectivity index (χ0v) is 13.0. The molecule has 1 amide bonds. The van der Waals surface area contributed by atoms with Crippen LogP contribution in [0.25, 0.3) is 10.9 Å². The molecule has 23 heavy (non-hydrogen) atoms. The highest BCUT2D eigenvalue weighted by Gasteiger charge is 2.05. The largest absolute Gasteiger partial charge is 0.497 e. The third-order valence-electron chi connectivity index (χ3n) is 3.71. The van der Waals surface area contributed by atoms with E-state index in [0.717, 1.165) is 28.9 Å². The Hall–Kier alpha value is -3.01. The molecule has 0 radical (unpaired) electrons. The third kappa shape index (κ3) is 3.26. The van der Waals surface area contributed by atoms with Crippen molar-refractivity contribution in [3.63, 3.8) is 0 Å². The van der Waals surface area contributed by atoms with Crippen molar-refractivity contribution in [3.8, 4) is 5.75 Å². The number of aromatic nitrogens is 1. The lowest BCUT2D eigenvalue weighted by Gasteiger charge is -2.08. The van der Waals surface area contributed by atoms with Gasteiger partial charge in [-0.2, -0.15) is 0 Å². The molecule has 3 aromatic rings. The maximum absolute atomic E-state index is 11.4. The van der Waals surface area contributed by atoms with Gasteiger partial charge in [-0.3, -0.25) is 4.79 Å². The lowest BCUT2D eigenvalue weighted by Crippen LogP contribution is -2.07. The summed E-state index contributed by atoms with van der Waals surface area (Å²) in [6.07, 6.45) is 3.31. The molecular weight excluding hydrogens is 288 g/mol. The molecule has 0 aliphatic heterocycles. The number of benzene rings is 2. The second kappa shape index (κ2) is 6.40. The Bertz CT molecular complexity index is 865. The van der Waals surface area contributed by atoms with E-state index in [4.69, 9.17) is 4.74 Å². The van der Waals surface area contributed by atoms with Gasteiger partial charge in [-0.25, -0.2) is 0 Å². The fourth-order valence-corrected chi connectivity index (χ4v) is 2.58. The topological polar surface area (TPSA) is 43.3 Å². The number of nitrogens with zero attached hydrogens (tertiary/aromatic N) is 1. The van der Waals surface area contributed by atoms with E-state index in [2.05, 4.69) is 22.5 Å². The lowest BCUT2D eigenvalue weighted by atomic mass is 10.2. The van der Waals surface area contributed by atoms with Gasteiger partial charge < -0.3 is 14.6 Å². The van der Waals surface area contributed by atoms with Crippen LogP contribution in [-0.4, -0.2) is 17.6 Å². The fraction of sp³-hybridized carbons (Fsp3) is 0.105. The number of fused-ring (bicyclic) bond motifs is 1. The van der Waals surface area contributed by atoms with E-state index in [1.165, 1.54) is 11.6 Å². The molecule has 0 aliphatic rings. The van der Waals surface area contributed by atoms with E-state index < -0.39 is 0 Å². The number of ether oxygens (including phenoxy) is 1. The highest BCUT2D eigenvalue weighted by molar-refractivity contribution is 6.00. The molecule has 0 spiro atoms. The molecular formula is C19H18N2O2. The van der Waals surface area contributed by atoms with E-state index in [0.29, 0.717) is 0 Å². The summed E-state index contributed by atoms with van der Waals surface area (Å²) >= 11 is 0. The van der Waals surface area contributed by atoms with Crippen LogP contribution in [0, 0.1) is 0 Å². The first-order chi connectivity index (χ1) is 11.2. The van der Waals surface area contributed by atoms with Crippen LogP contribution >= 0.6 is 0 Å². The molecule has 3 rings (SSSR count). The van der Waals surface area contributed by atoms with Crippen LogP contribution in [0.4, 0.5) is 5.69 Å². The minimum Gasteiger partial charge on any atom is -0.497 e. The van der Waals surface area contributed by atoms with Crippen molar-refractivity contribution in [2.24, 2.45) is 0 Å². The Morgan fingerprint density at radius 2 is 2.13 bits per heavy atom. The number of methoxy groups -OCH3 is 1. The smallest absolute Gasteiger partial charge is 0.247 e. The standard InChI is InChI=1S/C19H18N2O2/c1-3-19(22)20-16-7-8-18-15(12-16)9-10-21(18)13-14-5-4-6-17(11-14)23-2/h3-12H,1,13H2,2H3,(H,20,22). The number of carbonyl (C=O) groups excluding carboxylic acids is 1. The first kappa shape index (κ1) is 14.9. The molecule has 4 nitrogen and oxygen atoms in total. The molecule has 0 fully saturated rings. The van der Waals surface area contributed by atoms with Crippen molar-refractivity contribution >= 4 is 22.5 Å². The highest BCUT2D eigenvalue weighted by Crippen LogP contribution is 2.22. The first-order valence-corrected chi connectivity index (χ1v) is 7.35. The zero-order chi connectivity index (χ0) is 16.2. The lowest BCUT2D eigenvalue weighted by molar-refractivity contribution is -0.111. The van der Waals surface area contributed by atoms with E-state index in [9.17, 15) is 4.79 Å². The van der Waals surface area contributed by atoms with Gasteiger partial charge in [-0.05, 0) is 48.0 Å². The monoisotopic (exact) mass is 306 g/mol. The minimum atomic E-state index is -0.208. The number of amides is 1. The Morgan fingerprint density at radius 3 is 2.91 bits per heavy atom. The van der Waals surface area contributed by atoms with Gasteiger partial charge in [0.2, 0.25) is 5.91 Å². The summed E-state index contributed by atoms with van der Waals surface area (Å²) in [6, 6.07) is 15.9. The van der Waals surface area contributed by atoms with Gasteiger partial charge in [0.1, 0.15) is 5.75 Å². The number of nitrogens with one attached hydrogen (secondary N) is 1. The van der Waals surface area contributed by atoms with Gasteiger partial charge >= 0.3 is 0 Å². The zero-order valence-electron chi connectivity index (χ0n) is 13.0. The van der Waals surface area contributed by atoms with Crippen LogP contribution in [0.3, 0.4) is 0 Å². The number of hydrogen-bond donors (Lipinski definition) is 1. The number of carbonyl (C=O) groups is 1. The average Bonchev–Trinajstić information content (AvgIpc) is 2.97. The Labute approximate surface area is 135 Å². The number of hydrogen-bond acceptors (Lipinski definition) is 2. The Balaban J connectivity index is 1.87. The SMILES string of the molecule is C=CC(=O)Nc1ccc2c(ccn2Cc2cccc(OC)c2)c1. The average molecular weight is 306 g/mol. The van der Waals surface area contributed by atoms with Crippen molar-refractivity contribution in [3.05, 3.63) is 72.9 Å². The van der Waals surface area contributed by atoms with Crippen LogP contribution < -0.4 is 10.1 Å². The molecule has 0 unspecified atom stereocenters. The normalized spacial score (nSPS) is 10.5. The summed E-state index contributed by atoms with van der Waals surface area (Å²) in [7, 11) is 1.67. The van der Waals surface area contributed by atoms with Crippen molar-refractivity contribution in [1.29, 1.82) is 0 Å². The second-order valence-electron chi connectivity index (χ2n) is 5.26. The van der Waals surface area contributed by atoms with Gasteiger partial charge in [0.25, 0.3) is 0 Å². The van der Waals surface area contributed by atoms with E-state index in [-0.39, 0.29) is 5.91 Å². The number of anilines is 1. The molecule has 0 bridgehead atoms. The minimum absolute atomic E-state index is 0.208. The predicted molar refractivity (Wildman–Crippen MR) is 92.9 cm³/mol. The molecule has 4 heteroatoms. The van der Waals surface area contributed by atoms with Crippen molar-refractivity contribution in [2.75, 3.05) is 12.4 Å². The summed E-state index contributed by atoms with van der Waals surface area (Å²) in [5.41, 5.74) is 3.05. The third-order valence-corrected chi connectivity index (χ3v) is 3.71. The highest BCUT2D eigenvalue weighted by atomic mass is 16.5. The molecule has 116 valence electrons. The molecule has 0 saturated heterocycles. The van der Waals surface area contributed by atoms with Crippen molar-refractivity contribution in [1.82, 2.24) is 4.57 Å². The Morgan fingerprint density at radius 1 is 1.26 bits per heavy atom. The molecule has 2 aromatic carbocycles. The maximum Gasteiger partial charge on any atom is 0.247 e. The summed E-state index contributed by atoms with van der Waals surface area (Å²) in [5, 5.41) is 3.85. The molecule has 1 aromatic heterocycles. The van der Waals surface area contributed by atoms with Crippen LogP contribution in [0.5, 0.6) is 5.75 Å². The van der Waals surface area contributed by atoms with Gasteiger partial charge in [0, 0.05) is 29.3 Å². The van der Waals surface area contributed by atoms with Crippen molar-refractivity contribution < 1.29 is 9.53 Å². The van der Waals surface area contributed by atoms with E-state index in [1.807, 2.05) is 48.7 Å². The van der Waals surface area contributed by atoms with E-state index >= 15 is 0 Å². The summed E-state index contributed by atoms with van der Waals surface area (Å²) in [5.74, 6) is 0.647. The van der Waals surface area contributed by atoms with Crippen LogP contribution in [0.2, 0.25) is 0 Å². The molecule has 1 heterocycles. The van der Waals surface area contributed by atoms with Crippen LogP contribution in [0.1, 0.15) is 5.56 Å². The quantitative estimate of drug-likeness (QED) is 0.728. The van der Waals surface area contributed by atoms with Crippen LogP contribution in [-0.2, 0) is 11.3 Å². The summed E-state index contributed by atoms with van der Waals surface area (Å²) in [6.45, 7) is 4.22. The Kier molecular flexibility index (Phi) is 4.15. The molecule has 0 saturated carbocycles. The molecule has 0 aliphatic carbocycles. The number of rotatable bonds is 5. The van der Waals surface area contributed by atoms with Gasteiger partial charge in [-0.1, -0.05) is 18.7 Å². The van der Waals surface area contributed by atoms with Gasteiger partial charge in [0.15, 0.2) is 0 Å². The van der Waals surface area contributed by atoms with Crippen LogP contribution in [0.15, 0.2) is 67.4 Å². The van der Waals surface area contributed by atoms with Gasteiger partial charge in [0.05, 0.1) is 7.11 Å². The van der Waals surface area contributed by atoms with Crippen molar-refractivity contribution in [2.45, 2.75) is 6.54 Å². The fourth-order valence-electron chi connectivity index (χ4n) is 2.58. The van der Waals surface area contributed by atoms with Gasteiger partial charge in [-0.15, -0.1) is 0 Å². The first-order valence-electron chi connectivity index (χ1n) is 7.35. The van der Waals surface area contributed by atoms with E-state index in [1.54, 1.807) is 7.11 Å². The molecule has 0 atom stereocenters. The maximum atomic E-state index is 11.4. The predicted octanol–water partition coefficient (Wildman–Crippen LogP) is 3.82. The second-order valence-corrected chi connectivity index (χ2v) is 5.26. The summed E-state index contributed by atoms with van der Waals surface area (Å²) < 4.78 is 7.44. The molecule has 1 N–H and O–H groups in total.